The summed E-state index contributed by atoms with van der Waals surface area (Å²) < 4.78 is 16.4. The highest BCUT2D eigenvalue weighted by atomic mass is 16.5. The third kappa shape index (κ3) is 4.32. The molecule has 1 aromatic carbocycles. The van der Waals surface area contributed by atoms with Crippen molar-refractivity contribution >= 4 is 11.6 Å². The van der Waals surface area contributed by atoms with Gasteiger partial charge in [0.15, 0.2) is 0 Å². The lowest BCUT2D eigenvalue weighted by Crippen LogP contribution is -2.27. The van der Waals surface area contributed by atoms with E-state index in [1.165, 1.54) is 38.1 Å². The highest BCUT2D eigenvalue weighted by molar-refractivity contribution is 6.02. The second-order valence-corrected chi connectivity index (χ2v) is 4.83. The van der Waals surface area contributed by atoms with Crippen LogP contribution in [0, 0.1) is 0 Å². The summed E-state index contributed by atoms with van der Waals surface area (Å²) in [6.45, 7) is 0.592. The Labute approximate surface area is 139 Å². The molecule has 0 aliphatic carbocycles. The van der Waals surface area contributed by atoms with Gasteiger partial charge in [0.1, 0.15) is 17.2 Å². The fourth-order valence-electron chi connectivity index (χ4n) is 1.98. The number of ether oxygens (including phenoxy) is 3. The number of hydrogen-bond acceptors (Lipinski definition) is 6. The molecular weight excluding hydrogens is 314 g/mol. The number of hydrogen-bond donors (Lipinski definition) is 1. The van der Waals surface area contributed by atoms with E-state index in [1.54, 1.807) is 18.2 Å². The number of nitrogens with one attached hydrogen (secondary N) is 1. The number of aromatic nitrogens is 2. The van der Waals surface area contributed by atoms with Crippen LogP contribution in [0.1, 0.15) is 10.5 Å². The molecule has 0 saturated carbocycles. The molecular formula is C16H19N3O5. The van der Waals surface area contributed by atoms with Crippen LogP contribution >= 0.6 is 0 Å². The fraction of sp³-hybridized carbons (Fsp3) is 0.312. The van der Waals surface area contributed by atoms with Crippen molar-refractivity contribution in [2.75, 3.05) is 33.3 Å². The molecule has 0 fully saturated rings. The van der Waals surface area contributed by atoms with Gasteiger partial charge in [0.25, 0.3) is 11.5 Å². The lowest BCUT2D eigenvalue weighted by molar-refractivity contribution is 0.101. The zero-order valence-electron chi connectivity index (χ0n) is 13.7. The van der Waals surface area contributed by atoms with Crippen LogP contribution < -0.4 is 20.3 Å². The number of carbonyl (C=O) groups excluding carboxylic acids is 1. The normalized spacial score (nSPS) is 10.3. The quantitative estimate of drug-likeness (QED) is 0.817. The summed E-state index contributed by atoms with van der Waals surface area (Å²) in [6, 6.07) is 7.67. The van der Waals surface area contributed by atoms with Gasteiger partial charge in [-0.25, -0.2) is 4.68 Å². The van der Waals surface area contributed by atoms with Crippen LogP contribution in [0.15, 0.2) is 35.1 Å². The standard InChI is InChI=1S/C16H19N3O5/c1-22-7-6-19-15(20)5-4-14(18-19)16(21)17-11-8-12(23-2)10-13(9-11)24-3/h4-5,8-10H,6-7H2,1-3H3,(H,17,21). The Kier molecular flexibility index (Phi) is 5.91. The van der Waals surface area contributed by atoms with Crippen molar-refractivity contribution in [2.24, 2.45) is 0 Å². The average molecular weight is 333 g/mol. The first-order valence-electron chi connectivity index (χ1n) is 7.19. The maximum atomic E-state index is 12.3. The SMILES string of the molecule is COCCn1nc(C(=O)Nc2cc(OC)cc(OC)c2)ccc1=O. The summed E-state index contributed by atoms with van der Waals surface area (Å²) in [7, 11) is 4.57. The molecule has 1 aromatic heterocycles. The van der Waals surface area contributed by atoms with E-state index < -0.39 is 5.91 Å². The highest BCUT2D eigenvalue weighted by Gasteiger charge is 2.11. The van der Waals surface area contributed by atoms with Gasteiger partial charge in [-0.2, -0.15) is 5.10 Å². The Balaban J connectivity index is 2.22. The summed E-state index contributed by atoms with van der Waals surface area (Å²) >= 11 is 0. The molecule has 0 atom stereocenters. The maximum absolute atomic E-state index is 12.3. The molecule has 24 heavy (non-hydrogen) atoms. The van der Waals surface area contributed by atoms with Gasteiger partial charge in [0.05, 0.1) is 27.4 Å². The summed E-state index contributed by atoms with van der Waals surface area (Å²) in [5.74, 6) is 0.641. The van der Waals surface area contributed by atoms with Crippen LogP contribution in [0.4, 0.5) is 5.69 Å². The van der Waals surface area contributed by atoms with E-state index in [0.29, 0.717) is 23.8 Å². The van der Waals surface area contributed by atoms with Crippen LogP contribution in [0.5, 0.6) is 11.5 Å². The molecule has 0 aliphatic heterocycles. The molecule has 0 saturated heterocycles. The molecule has 0 unspecified atom stereocenters. The van der Waals surface area contributed by atoms with Crippen LogP contribution in [-0.4, -0.2) is 43.6 Å². The Hall–Kier alpha value is -2.87. The topological polar surface area (TPSA) is 91.7 Å². The monoisotopic (exact) mass is 333 g/mol. The van der Waals surface area contributed by atoms with Gasteiger partial charge in [-0.1, -0.05) is 0 Å². The maximum Gasteiger partial charge on any atom is 0.276 e. The lowest BCUT2D eigenvalue weighted by atomic mass is 10.2. The lowest BCUT2D eigenvalue weighted by Gasteiger charge is -2.10. The van der Waals surface area contributed by atoms with Crippen molar-refractivity contribution in [1.82, 2.24) is 9.78 Å². The van der Waals surface area contributed by atoms with E-state index in [9.17, 15) is 9.59 Å². The number of amides is 1. The van der Waals surface area contributed by atoms with Gasteiger partial charge in [0.2, 0.25) is 0 Å². The van der Waals surface area contributed by atoms with E-state index in [1.807, 2.05) is 0 Å². The molecule has 0 bridgehead atoms. The fourth-order valence-corrected chi connectivity index (χ4v) is 1.98. The minimum Gasteiger partial charge on any atom is -0.497 e. The number of rotatable bonds is 7. The first-order chi connectivity index (χ1) is 11.6. The number of anilines is 1. The van der Waals surface area contributed by atoms with Crippen LogP contribution in [0.3, 0.4) is 0 Å². The highest BCUT2D eigenvalue weighted by Crippen LogP contribution is 2.25. The molecule has 0 aliphatic rings. The number of benzene rings is 1. The zero-order valence-corrected chi connectivity index (χ0v) is 13.7. The predicted octanol–water partition coefficient (Wildman–Crippen LogP) is 1.16. The Morgan fingerprint density at radius 2 is 1.79 bits per heavy atom. The van der Waals surface area contributed by atoms with E-state index in [-0.39, 0.29) is 17.8 Å². The van der Waals surface area contributed by atoms with Gasteiger partial charge < -0.3 is 19.5 Å². The average Bonchev–Trinajstić information content (AvgIpc) is 2.60. The van der Waals surface area contributed by atoms with Gasteiger partial charge in [0, 0.05) is 37.1 Å². The van der Waals surface area contributed by atoms with Crippen LogP contribution in [-0.2, 0) is 11.3 Å². The third-order valence-electron chi connectivity index (χ3n) is 3.22. The molecule has 1 amide bonds. The summed E-state index contributed by atoms with van der Waals surface area (Å²) in [5.41, 5.74) is 0.312. The van der Waals surface area contributed by atoms with Crippen molar-refractivity contribution in [3.63, 3.8) is 0 Å². The van der Waals surface area contributed by atoms with Gasteiger partial charge in [-0.15, -0.1) is 0 Å². The van der Waals surface area contributed by atoms with E-state index in [2.05, 4.69) is 10.4 Å². The van der Waals surface area contributed by atoms with Crippen molar-refractivity contribution in [3.05, 3.63) is 46.4 Å². The predicted molar refractivity (Wildman–Crippen MR) is 87.9 cm³/mol. The molecule has 128 valence electrons. The van der Waals surface area contributed by atoms with Gasteiger partial charge in [-0.05, 0) is 6.07 Å². The summed E-state index contributed by atoms with van der Waals surface area (Å²) in [5, 5.41) is 6.74. The smallest absolute Gasteiger partial charge is 0.276 e. The van der Waals surface area contributed by atoms with E-state index in [4.69, 9.17) is 14.2 Å². The first-order valence-corrected chi connectivity index (χ1v) is 7.19. The molecule has 0 radical (unpaired) electrons. The van der Waals surface area contributed by atoms with Crippen molar-refractivity contribution in [3.8, 4) is 11.5 Å². The van der Waals surface area contributed by atoms with E-state index in [0.717, 1.165) is 0 Å². The molecule has 0 spiro atoms. The first kappa shape index (κ1) is 17.5. The largest absolute Gasteiger partial charge is 0.497 e. The van der Waals surface area contributed by atoms with Crippen molar-refractivity contribution < 1.29 is 19.0 Å². The Morgan fingerprint density at radius 3 is 2.38 bits per heavy atom. The summed E-state index contributed by atoms with van der Waals surface area (Å²) in [6.07, 6.45) is 0. The van der Waals surface area contributed by atoms with Gasteiger partial charge in [-0.3, -0.25) is 9.59 Å². The Morgan fingerprint density at radius 1 is 1.12 bits per heavy atom. The second kappa shape index (κ2) is 8.11. The number of methoxy groups -OCH3 is 3. The minimum absolute atomic E-state index is 0.118. The third-order valence-corrected chi connectivity index (χ3v) is 3.22. The number of carbonyl (C=O) groups is 1. The molecule has 2 aromatic rings. The van der Waals surface area contributed by atoms with Crippen LogP contribution in [0.25, 0.3) is 0 Å². The molecule has 2 rings (SSSR count). The second-order valence-electron chi connectivity index (χ2n) is 4.83. The van der Waals surface area contributed by atoms with Crippen molar-refractivity contribution in [1.29, 1.82) is 0 Å². The van der Waals surface area contributed by atoms with Crippen LogP contribution in [0.2, 0.25) is 0 Å². The summed E-state index contributed by atoms with van der Waals surface area (Å²) in [4.78, 5) is 24.1. The van der Waals surface area contributed by atoms with Crippen molar-refractivity contribution in [2.45, 2.75) is 6.54 Å². The molecule has 1 N–H and O–H groups in total. The minimum atomic E-state index is -0.448. The zero-order chi connectivity index (χ0) is 17.5. The Bertz CT molecular complexity index is 750. The molecule has 8 nitrogen and oxygen atoms in total. The molecule has 8 heteroatoms. The number of nitrogens with zero attached hydrogens (tertiary/aromatic N) is 2. The van der Waals surface area contributed by atoms with E-state index >= 15 is 0 Å². The molecule has 1 heterocycles. The van der Waals surface area contributed by atoms with Gasteiger partial charge >= 0.3 is 0 Å².